The molecule has 0 aliphatic heterocycles. The van der Waals surface area contributed by atoms with Gasteiger partial charge in [-0.1, -0.05) is 23.4 Å². The third-order valence-electron chi connectivity index (χ3n) is 3.95. The molecule has 0 unspecified atom stereocenters. The van der Waals surface area contributed by atoms with Crippen LogP contribution >= 0.6 is 23.4 Å². The van der Waals surface area contributed by atoms with E-state index in [-0.39, 0.29) is 12.4 Å². The van der Waals surface area contributed by atoms with Crippen molar-refractivity contribution < 1.29 is 23.8 Å². The minimum Gasteiger partial charge on any atom is -0.497 e. The number of aromatic nitrogens is 3. The summed E-state index contributed by atoms with van der Waals surface area (Å²) in [6.07, 6.45) is 0. The number of hydrazine groups is 1. The highest BCUT2D eigenvalue weighted by atomic mass is 35.5. The van der Waals surface area contributed by atoms with Gasteiger partial charge in [-0.2, -0.15) is 0 Å². The molecule has 0 saturated carbocycles. The fourth-order valence-electron chi connectivity index (χ4n) is 2.41. The van der Waals surface area contributed by atoms with Gasteiger partial charge in [0, 0.05) is 16.7 Å². The van der Waals surface area contributed by atoms with E-state index in [2.05, 4.69) is 26.0 Å². The number of benzene rings is 2. The van der Waals surface area contributed by atoms with Crippen LogP contribution in [0.3, 0.4) is 0 Å². The van der Waals surface area contributed by atoms with Crippen molar-refractivity contribution in [1.82, 2.24) is 26.0 Å². The number of nitrogens with zero attached hydrogens (tertiary/aromatic N) is 2. The number of ether oxygens (including phenoxy) is 3. The second-order valence-corrected chi connectivity index (χ2v) is 7.57. The molecule has 2 amide bonds. The lowest BCUT2D eigenvalue weighted by Gasteiger charge is -2.08. The number of carbonyl (C=O) groups is 2. The maximum Gasteiger partial charge on any atom is 0.276 e. The molecule has 0 radical (unpaired) electrons. The third-order valence-corrected chi connectivity index (χ3v) is 5.05. The molecule has 0 aliphatic rings. The van der Waals surface area contributed by atoms with Gasteiger partial charge in [-0.3, -0.25) is 25.5 Å². The Balaban J connectivity index is 1.44. The number of nitrogens with one attached hydrogen (secondary N) is 3. The molecular formula is C20H20ClN5O5S. The first-order chi connectivity index (χ1) is 15.5. The third kappa shape index (κ3) is 6.79. The standard InChI is InChI=1S/C20H20ClN5O5S/c1-29-15-7-12(8-16(9-15)30-2)19-22-20(26-25-19)32-11-18(28)24-23-17(27)10-31-14-5-3-13(21)4-6-14/h3-9H,10-11H2,1-2H3,(H,23,27)(H,24,28)(H,22,25,26). The van der Waals surface area contributed by atoms with Crippen LogP contribution in [0.5, 0.6) is 17.2 Å². The van der Waals surface area contributed by atoms with E-state index in [9.17, 15) is 9.59 Å². The first-order valence-corrected chi connectivity index (χ1v) is 10.6. The van der Waals surface area contributed by atoms with E-state index in [1.807, 2.05) is 0 Å². The van der Waals surface area contributed by atoms with Crippen LogP contribution in [0.2, 0.25) is 5.02 Å². The molecule has 10 nitrogen and oxygen atoms in total. The number of hydrogen-bond donors (Lipinski definition) is 3. The Morgan fingerprint density at radius 3 is 2.31 bits per heavy atom. The molecule has 0 fully saturated rings. The van der Waals surface area contributed by atoms with Crippen molar-refractivity contribution >= 4 is 35.2 Å². The lowest BCUT2D eigenvalue weighted by Crippen LogP contribution is -2.44. The molecule has 1 aromatic heterocycles. The summed E-state index contributed by atoms with van der Waals surface area (Å²) < 4.78 is 15.8. The summed E-state index contributed by atoms with van der Waals surface area (Å²) in [5.74, 6) is 1.27. The molecule has 0 spiro atoms. The summed E-state index contributed by atoms with van der Waals surface area (Å²) in [7, 11) is 3.11. The van der Waals surface area contributed by atoms with E-state index >= 15 is 0 Å². The number of amides is 2. The van der Waals surface area contributed by atoms with Crippen LogP contribution in [0.1, 0.15) is 0 Å². The van der Waals surface area contributed by atoms with Crippen LogP contribution in [-0.2, 0) is 9.59 Å². The number of methoxy groups -OCH3 is 2. The molecule has 1 heterocycles. The second kappa shape index (κ2) is 11.3. The summed E-state index contributed by atoms with van der Waals surface area (Å²) in [5.41, 5.74) is 5.31. The number of aromatic amines is 1. The van der Waals surface area contributed by atoms with E-state index < -0.39 is 11.8 Å². The van der Waals surface area contributed by atoms with Gasteiger partial charge in [-0.25, -0.2) is 4.98 Å². The molecule has 0 aliphatic carbocycles. The van der Waals surface area contributed by atoms with Gasteiger partial charge >= 0.3 is 0 Å². The number of H-pyrrole nitrogens is 1. The Hall–Kier alpha value is -3.44. The van der Waals surface area contributed by atoms with Crippen molar-refractivity contribution in [2.45, 2.75) is 5.16 Å². The first-order valence-electron chi connectivity index (χ1n) is 9.21. The number of rotatable bonds is 9. The van der Waals surface area contributed by atoms with Crippen LogP contribution < -0.4 is 25.1 Å². The minimum absolute atomic E-state index is 0.00293. The van der Waals surface area contributed by atoms with Crippen molar-refractivity contribution in [1.29, 1.82) is 0 Å². The second-order valence-electron chi connectivity index (χ2n) is 6.20. The van der Waals surface area contributed by atoms with Crippen LogP contribution in [0.4, 0.5) is 0 Å². The van der Waals surface area contributed by atoms with Crippen molar-refractivity contribution in [2.75, 3.05) is 26.6 Å². The molecule has 2 aromatic carbocycles. The molecule has 168 valence electrons. The summed E-state index contributed by atoms with van der Waals surface area (Å²) in [6, 6.07) is 11.9. The van der Waals surface area contributed by atoms with E-state index in [4.69, 9.17) is 25.8 Å². The lowest BCUT2D eigenvalue weighted by molar-refractivity contribution is -0.128. The molecule has 0 bridgehead atoms. The van der Waals surface area contributed by atoms with E-state index in [0.717, 1.165) is 17.3 Å². The summed E-state index contributed by atoms with van der Waals surface area (Å²) in [5, 5.41) is 7.84. The zero-order valence-electron chi connectivity index (χ0n) is 17.2. The maximum absolute atomic E-state index is 12.0. The number of hydrogen-bond acceptors (Lipinski definition) is 8. The van der Waals surface area contributed by atoms with Crippen LogP contribution in [0, 0.1) is 0 Å². The van der Waals surface area contributed by atoms with E-state index in [0.29, 0.717) is 33.3 Å². The average Bonchev–Trinajstić information content (AvgIpc) is 3.30. The van der Waals surface area contributed by atoms with Crippen molar-refractivity contribution in [3.8, 4) is 28.6 Å². The lowest BCUT2D eigenvalue weighted by atomic mass is 10.2. The topological polar surface area (TPSA) is 127 Å². The number of carbonyl (C=O) groups excluding carboxylic acids is 2. The average molecular weight is 478 g/mol. The fourth-order valence-corrected chi connectivity index (χ4v) is 3.13. The zero-order chi connectivity index (χ0) is 22.9. The first kappa shape index (κ1) is 23.2. The van der Waals surface area contributed by atoms with Gasteiger partial charge in [0.25, 0.3) is 5.91 Å². The normalized spacial score (nSPS) is 10.3. The summed E-state index contributed by atoms with van der Waals surface area (Å²) in [6.45, 7) is -0.261. The molecule has 3 aromatic rings. The van der Waals surface area contributed by atoms with Gasteiger partial charge in [-0.15, -0.1) is 5.10 Å². The van der Waals surface area contributed by atoms with Gasteiger partial charge < -0.3 is 14.2 Å². The summed E-state index contributed by atoms with van der Waals surface area (Å²) >= 11 is 6.89. The Bertz CT molecular complexity index is 1050. The highest BCUT2D eigenvalue weighted by Crippen LogP contribution is 2.28. The molecule has 0 saturated heterocycles. The number of thioether (sulfide) groups is 1. The summed E-state index contributed by atoms with van der Waals surface area (Å²) in [4.78, 5) is 28.1. The maximum atomic E-state index is 12.0. The highest BCUT2D eigenvalue weighted by molar-refractivity contribution is 7.99. The van der Waals surface area contributed by atoms with Gasteiger partial charge in [0.1, 0.15) is 17.2 Å². The molecular weight excluding hydrogens is 458 g/mol. The molecule has 12 heteroatoms. The van der Waals surface area contributed by atoms with Crippen molar-refractivity contribution in [3.05, 3.63) is 47.5 Å². The van der Waals surface area contributed by atoms with Gasteiger partial charge in [0.2, 0.25) is 11.1 Å². The Morgan fingerprint density at radius 1 is 1.00 bits per heavy atom. The minimum atomic E-state index is -0.509. The molecule has 3 rings (SSSR count). The smallest absolute Gasteiger partial charge is 0.276 e. The van der Waals surface area contributed by atoms with Crippen molar-refractivity contribution in [3.63, 3.8) is 0 Å². The van der Waals surface area contributed by atoms with Crippen molar-refractivity contribution in [2.24, 2.45) is 0 Å². The number of halogens is 1. The van der Waals surface area contributed by atoms with E-state index in [1.165, 1.54) is 0 Å². The highest BCUT2D eigenvalue weighted by Gasteiger charge is 2.12. The predicted molar refractivity (Wildman–Crippen MR) is 119 cm³/mol. The quantitative estimate of drug-likeness (QED) is 0.317. The predicted octanol–water partition coefficient (Wildman–Crippen LogP) is 2.46. The SMILES string of the molecule is COc1cc(OC)cc(-c2nc(SCC(=O)NNC(=O)COc3ccc(Cl)cc3)n[nH]2)c1. The van der Waals surface area contributed by atoms with Crippen LogP contribution in [-0.4, -0.2) is 53.6 Å². The Kier molecular flexibility index (Phi) is 8.17. The monoisotopic (exact) mass is 477 g/mol. The van der Waals surface area contributed by atoms with Crippen LogP contribution in [0.15, 0.2) is 47.6 Å². The Morgan fingerprint density at radius 2 is 1.66 bits per heavy atom. The van der Waals surface area contributed by atoms with Gasteiger partial charge in [-0.05, 0) is 36.4 Å². The molecule has 3 N–H and O–H groups in total. The van der Waals surface area contributed by atoms with Gasteiger partial charge in [0.15, 0.2) is 12.4 Å². The largest absolute Gasteiger partial charge is 0.497 e. The van der Waals surface area contributed by atoms with Crippen LogP contribution in [0.25, 0.3) is 11.4 Å². The van der Waals surface area contributed by atoms with Gasteiger partial charge in [0.05, 0.1) is 20.0 Å². The molecule has 0 atom stereocenters. The fraction of sp³-hybridized carbons (Fsp3) is 0.200. The van der Waals surface area contributed by atoms with E-state index in [1.54, 1.807) is 56.7 Å². The molecule has 32 heavy (non-hydrogen) atoms. The zero-order valence-corrected chi connectivity index (χ0v) is 18.7. The Labute approximate surface area is 193 Å².